The summed E-state index contributed by atoms with van der Waals surface area (Å²) < 4.78 is 0. The molecule has 9 heteroatoms. The highest BCUT2D eigenvalue weighted by molar-refractivity contribution is 7.98. The zero-order valence-corrected chi connectivity index (χ0v) is 12.6. The lowest BCUT2D eigenvalue weighted by Crippen LogP contribution is -2.14. The molecule has 0 atom stereocenters. The van der Waals surface area contributed by atoms with Gasteiger partial charge in [-0.15, -0.1) is 0 Å². The van der Waals surface area contributed by atoms with Gasteiger partial charge in [0.25, 0.3) is 5.56 Å². The fraction of sp³-hybridized carbons (Fsp3) is 0.0714. The van der Waals surface area contributed by atoms with Crippen LogP contribution in [0.3, 0.4) is 0 Å². The molecule has 3 N–H and O–H groups in total. The fourth-order valence-electron chi connectivity index (χ4n) is 2.27. The number of nitriles is 1. The van der Waals surface area contributed by atoms with Crippen molar-refractivity contribution < 1.29 is 9.90 Å². The molecular weight excluding hydrogens is 318 g/mol. The van der Waals surface area contributed by atoms with Gasteiger partial charge in [-0.25, -0.2) is 9.78 Å². The lowest BCUT2D eigenvalue weighted by atomic mass is 10.0. The van der Waals surface area contributed by atoms with Crippen molar-refractivity contribution in [3.05, 3.63) is 39.8 Å². The Labute approximate surface area is 133 Å². The van der Waals surface area contributed by atoms with E-state index in [0.29, 0.717) is 21.6 Å². The van der Waals surface area contributed by atoms with Crippen molar-refractivity contribution in [3.63, 3.8) is 0 Å². The van der Waals surface area contributed by atoms with Crippen LogP contribution < -0.4 is 5.56 Å². The first-order chi connectivity index (χ1) is 11.1. The number of carboxylic acid groups (broad SMARTS) is 1. The Morgan fingerprint density at radius 1 is 1.43 bits per heavy atom. The highest BCUT2D eigenvalue weighted by atomic mass is 32.2. The van der Waals surface area contributed by atoms with Crippen molar-refractivity contribution >= 4 is 28.6 Å². The number of fused-ring (bicyclic) bond motifs is 1. The molecule has 0 spiro atoms. The van der Waals surface area contributed by atoms with E-state index in [1.54, 1.807) is 24.5 Å². The number of aromatic nitrogens is 4. The van der Waals surface area contributed by atoms with Gasteiger partial charge in [0, 0.05) is 10.9 Å². The highest BCUT2D eigenvalue weighted by Gasteiger charge is 2.21. The average Bonchev–Trinajstić information content (AvgIpc) is 2.98. The molecule has 23 heavy (non-hydrogen) atoms. The summed E-state index contributed by atoms with van der Waals surface area (Å²) in [6.45, 7) is 0. The quantitative estimate of drug-likeness (QED) is 0.491. The van der Waals surface area contributed by atoms with E-state index < -0.39 is 11.5 Å². The second-order valence-electron chi connectivity index (χ2n) is 4.52. The van der Waals surface area contributed by atoms with Gasteiger partial charge in [-0.1, -0.05) is 23.9 Å². The number of nitrogens with zero attached hydrogens (tertiary/aromatic N) is 3. The van der Waals surface area contributed by atoms with E-state index in [-0.39, 0.29) is 17.0 Å². The van der Waals surface area contributed by atoms with Gasteiger partial charge in [-0.05, 0) is 12.3 Å². The molecule has 114 valence electrons. The summed E-state index contributed by atoms with van der Waals surface area (Å²) in [5.74, 6) is -1.21. The number of H-pyrrole nitrogens is 2. The molecule has 2 heterocycles. The molecule has 0 saturated heterocycles. The summed E-state index contributed by atoms with van der Waals surface area (Å²) in [6.07, 6.45) is 1.73. The number of nitrogens with one attached hydrogen (secondary N) is 2. The van der Waals surface area contributed by atoms with Crippen LogP contribution in [0.1, 0.15) is 16.1 Å². The van der Waals surface area contributed by atoms with Crippen molar-refractivity contribution in [1.29, 1.82) is 5.26 Å². The molecule has 0 aliphatic heterocycles. The number of rotatable bonds is 3. The van der Waals surface area contributed by atoms with E-state index in [1.807, 2.05) is 6.07 Å². The van der Waals surface area contributed by atoms with Gasteiger partial charge in [-0.2, -0.15) is 10.4 Å². The van der Waals surface area contributed by atoms with Crippen molar-refractivity contribution in [2.24, 2.45) is 0 Å². The Morgan fingerprint density at radius 3 is 2.87 bits per heavy atom. The minimum Gasteiger partial charge on any atom is -0.476 e. The van der Waals surface area contributed by atoms with Crippen molar-refractivity contribution in [2.75, 3.05) is 6.26 Å². The fourth-order valence-corrected chi connectivity index (χ4v) is 2.65. The third-order valence-corrected chi connectivity index (χ3v) is 3.83. The van der Waals surface area contributed by atoms with Crippen LogP contribution in [0.4, 0.5) is 0 Å². The van der Waals surface area contributed by atoms with Crippen LogP contribution in [0.25, 0.3) is 22.2 Å². The summed E-state index contributed by atoms with van der Waals surface area (Å²) >= 11 is 1.21. The van der Waals surface area contributed by atoms with Gasteiger partial charge in [0.2, 0.25) is 0 Å². The Kier molecular flexibility index (Phi) is 3.59. The highest BCUT2D eigenvalue weighted by Crippen LogP contribution is 2.30. The van der Waals surface area contributed by atoms with Crippen molar-refractivity contribution in [3.8, 4) is 17.3 Å². The normalized spacial score (nSPS) is 10.6. The summed E-state index contributed by atoms with van der Waals surface area (Å²) in [6, 6.07) is 6.76. The number of carbonyl (C=O) groups is 1. The molecule has 0 radical (unpaired) electrons. The maximum atomic E-state index is 12.0. The second kappa shape index (κ2) is 5.58. The minimum absolute atomic E-state index is 0.134. The van der Waals surface area contributed by atoms with Crippen LogP contribution >= 0.6 is 11.8 Å². The molecule has 1 aromatic carbocycles. The number of aromatic amines is 2. The number of benzene rings is 1. The Bertz CT molecular complexity index is 1030. The van der Waals surface area contributed by atoms with Crippen molar-refractivity contribution in [2.45, 2.75) is 5.16 Å². The Morgan fingerprint density at radius 2 is 2.22 bits per heavy atom. The summed E-state index contributed by atoms with van der Waals surface area (Å²) in [5.41, 5.74) is 0.0533. The number of thioether (sulfide) groups is 1. The maximum Gasteiger partial charge on any atom is 0.357 e. The van der Waals surface area contributed by atoms with Crippen LogP contribution in [0.5, 0.6) is 0 Å². The number of aromatic carboxylic acids is 1. The predicted molar refractivity (Wildman–Crippen MR) is 83.4 cm³/mol. The first-order valence-electron chi connectivity index (χ1n) is 6.36. The third kappa shape index (κ3) is 2.35. The van der Waals surface area contributed by atoms with Crippen LogP contribution in [0.15, 0.2) is 28.2 Å². The molecule has 0 bridgehead atoms. The van der Waals surface area contributed by atoms with Crippen LogP contribution in [0, 0.1) is 11.3 Å². The zero-order valence-electron chi connectivity index (χ0n) is 11.7. The summed E-state index contributed by atoms with van der Waals surface area (Å²) in [5, 5.41) is 25.6. The SMILES string of the molecule is CSc1nc(-c2cccc3[nH]nc(C(=O)O)c23)c(C#N)c(=O)[nH]1. The molecule has 0 fully saturated rings. The van der Waals surface area contributed by atoms with Gasteiger partial charge in [0.05, 0.1) is 11.2 Å². The van der Waals surface area contributed by atoms with E-state index >= 15 is 0 Å². The summed E-state index contributed by atoms with van der Waals surface area (Å²) in [4.78, 5) is 30.2. The number of carboxylic acids is 1. The first kappa shape index (κ1) is 14.8. The topological polar surface area (TPSA) is 136 Å². The van der Waals surface area contributed by atoms with E-state index in [1.165, 1.54) is 11.8 Å². The van der Waals surface area contributed by atoms with E-state index in [0.717, 1.165) is 0 Å². The van der Waals surface area contributed by atoms with Crippen LogP contribution in [0.2, 0.25) is 0 Å². The maximum absolute atomic E-state index is 12.0. The molecule has 2 aromatic heterocycles. The molecule has 3 rings (SSSR count). The lowest BCUT2D eigenvalue weighted by molar-refractivity contribution is 0.0692. The third-order valence-electron chi connectivity index (χ3n) is 3.25. The molecule has 0 aliphatic rings. The molecular formula is C14H9N5O3S. The second-order valence-corrected chi connectivity index (χ2v) is 5.31. The van der Waals surface area contributed by atoms with Gasteiger partial charge in [-0.3, -0.25) is 9.89 Å². The Balaban J connectivity index is 2.45. The largest absolute Gasteiger partial charge is 0.476 e. The number of hydrogen-bond acceptors (Lipinski definition) is 6. The molecule has 8 nitrogen and oxygen atoms in total. The van der Waals surface area contributed by atoms with Gasteiger partial charge >= 0.3 is 5.97 Å². The molecule has 0 aliphatic carbocycles. The van der Waals surface area contributed by atoms with Gasteiger partial charge < -0.3 is 10.1 Å². The molecule has 3 aromatic rings. The molecule has 0 amide bonds. The van der Waals surface area contributed by atoms with E-state index in [2.05, 4.69) is 20.2 Å². The van der Waals surface area contributed by atoms with Gasteiger partial charge in [0.15, 0.2) is 10.9 Å². The Hall–Kier alpha value is -3.12. The van der Waals surface area contributed by atoms with Gasteiger partial charge in [0.1, 0.15) is 11.6 Å². The number of hydrogen-bond donors (Lipinski definition) is 3. The van der Waals surface area contributed by atoms with Crippen LogP contribution in [-0.2, 0) is 0 Å². The lowest BCUT2D eigenvalue weighted by Gasteiger charge is -2.07. The standard InChI is InChI=1S/C14H9N5O3S/c1-23-14-16-10(7(5-15)12(20)17-14)6-3-2-4-8-9(6)11(13(21)22)19-18-8/h2-4H,1H3,(H,18,19)(H,21,22)(H,16,17,20). The molecule has 0 saturated carbocycles. The smallest absolute Gasteiger partial charge is 0.357 e. The summed E-state index contributed by atoms with van der Waals surface area (Å²) in [7, 11) is 0. The van der Waals surface area contributed by atoms with Crippen LogP contribution in [-0.4, -0.2) is 37.5 Å². The average molecular weight is 327 g/mol. The van der Waals surface area contributed by atoms with E-state index in [9.17, 15) is 20.0 Å². The predicted octanol–water partition coefficient (Wildman–Crippen LogP) is 1.60. The minimum atomic E-state index is -1.21. The van der Waals surface area contributed by atoms with E-state index in [4.69, 9.17) is 0 Å². The first-order valence-corrected chi connectivity index (χ1v) is 7.58. The monoisotopic (exact) mass is 327 g/mol. The van der Waals surface area contributed by atoms with Crippen molar-refractivity contribution in [1.82, 2.24) is 20.2 Å². The zero-order chi connectivity index (χ0) is 16.6. The molecule has 0 unspecified atom stereocenters.